The van der Waals surface area contributed by atoms with E-state index < -0.39 is 11.7 Å². The SMILES string of the molecule is CCCc1ccc(C2CCC(c3ccc(C(F)(F)F)cc3)CC2)cc1. The zero-order chi connectivity index (χ0) is 17.9. The van der Waals surface area contributed by atoms with Crippen molar-refractivity contribution in [2.75, 3.05) is 0 Å². The summed E-state index contributed by atoms with van der Waals surface area (Å²) in [5.74, 6) is 0.972. The van der Waals surface area contributed by atoms with Crippen molar-refractivity contribution in [1.29, 1.82) is 0 Å². The molecule has 0 bridgehead atoms. The zero-order valence-corrected chi connectivity index (χ0v) is 14.7. The molecule has 0 heterocycles. The lowest BCUT2D eigenvalue weighted by atomic mass is 9.76. The van der Waals surface area contributed by atoms with Crippen molar-refractivity contribution in [2.24, 2.45) is 0 Å². The standard InChI is InChI=1S/C22H25F3/c1-2-3-16-4-6-17(7-5-16)18-8-10-19(11-9-18)20-12-14-21(15-13-20)22(23,24)25/h4-7,12-15,18-19H,2-3,8-11H2,1H3. The second-order valence-electron chi connectivity index (χ2n) is 7.16. The first kappa shape index (κ1) is 18.0. The highest BCUT2D eigenvalue weighted by Gasteiger charge is 2.30. The lowest BCUT2D eigenvalue weighted by Gasteiger charge is -2.29. The van der Waals surface area contributed by atoms with Gasteiger partial charge in [0.05, 0.1) is 5.56 Å². The van der Waals surface area contributed by atoms with Gasteiger partial charge >= 0.3 is 6.18 Å². The van der Waals surface area contributed by atoms with E-state index in [2.05, 4.69) is 31.2 Å². The summed E-state index contributed by atoms with van der Waals surface area (Å²) in [4.78, 5) is 0. The van der Waals surface area contributed by atoms with Gasteiger partial charge in [0.2, 0.25) is 0 Å². The molecule has 1 aliphatic carbocycles. The maximum absolute atomic E-state index is 12.7. The number of benzene rings is 2. The second kappa shape index (κ2) is 7.63. The maximum Gasteiger partial charge on any atom is 0.416 e. The summed E-state index contributed by atoms with van der Waals surface area (Å²) in [7, 11) is 0. The molecule has 134 valence electrons. The summed E-state index contributed by atoms with van der Waals surface area (Å²) in [6.45, 7) is 2.19. The Balaban J connectivity index is 1.59. The van der Waals surface area contributed by atoms with Crippen LogP contribution in [-0.4, -0.2) is 0 Å². The minimum absolute atomic E-state index is 0.387. The van der Waals surface area contributed by atoms with Gasteiger partial charge in [0, 0.05) is 0 Å². The number of rotatable bonds is 4. The van der Waals surface area contributed by atoms with Crippen molar-refractivity contribution in [3.05, 3.63) is 70.8 Å². The average Bonchev–Trinajstić information content (AvgIpc) is 2.62. The van der Waals surface area contributed by atoms with E-state index in [1.807, 2.05) is 0 Å². The van der Waals surface area contributed by atoms with E-state index in [1.54, 1.807) is 12.1 Å². The third-order valence-electron chi connectivity index (χ3n) is 5.43. The second-order valence-corrected chi connectivity index (χ2v) is 7.16. The molecule has 1 saturated carbocycles. The van der Waals surface area contributed by atoms with Crippen LogP contribution in [0.15, 0.2) is 48.5 Å². The highest BCUT2D eigenvalue weighted by molar-refractivity contribution is 5.29. The minimum atomic E-state index is -4.25. The Bertz CT molecular complexity index is 660. The van der Waals surface area contributed by atoms with E-state index in [-0.39, 0.29) is 0 Å². The molecule has 25 heavy (non-hydrogen) atoms. The first-order valence-corrected chi connectivity index (χ1v) is 9.23. The van der Waals surface area contributed by atoms with Crippen molar-refractivity contribution < 1.29 is 13.2 Å². The normalized spacial score (nSPS) is 21.3. The van der Waals surface area contributed by atoms with Crippen LogP contribution in [0, 0.1) is 0 Å². The van der Waals surface area contributed by atoms with Gasteiger partial charge in [-0.3, -0.25) is 0 Å². The highest BCUT2D eigenvalue weighted by atomic mass is 19.4. The van der Waals surface area contributed by atoms with Crippen LogP contribution >= 0.6 is 0 Å². The van der Waals surface area contributed by atoms with Crippen molar-refractivity contribution >= 4 is 0 Å². The molecule has 2 aromatic rings. The van der Waals surface area contributed by atoms with Crippen LogP contribution in [-0.2, 0) is 12.6 Å². The lowest BCUT2D eigenvalue weighted by molar-refractivity contribution is -0.137. The van der Waals surface area contributed by atoms with Crippen LogP contribution < -0.4 is 0 Å². The number of halogens is 3. The van der Waals surface area contributed by atoms with E-state index >= 15 is 0 Å². The van der Waals surface area contributed by atoms with Crippen LogP contribution in [0.4, 0.5) is 13.2 Å². The van der Waals surface area contributed by atoms with E-state index in [0.29, 0.717) is 11.8 Å². The van der Waals surface area contributed by atoms with E-state index in [9.17, 15) is 13.2 Å². The Morgan fingerprint density at radius 2 is 1.20 bits per heavy atom. The number of alkyl halides is 3. The van der Waals surface area contributed by atoms with Crippen molar-refractivity contribution in [1.82, 2.24) is 0 Å². The molecular formula is C22H25F3. The highest BCUT2D eigenvalue weighted by Crippen LogP contribution is 2.41. The topological polar surface area (TPSA) is 0 Å². The molecule has 2 aromatic carbocycles. The number of hydrogen-bond donors (Lipinski definition) is 0. The summed E-state index contributed by atoms with van der Waals surface area (Å²) < 4.78 is 38.0. The third-order valence-corrected chi connectivity index (χ3v) is 5.43. The molecular weight excluding hydrogens is 321 g/mol. The van der Waals surface area contributed by atoms with Crippen LogP contribution in [0.2, 0.25) is 0 Å². The van der Waals surface area contributed by atoms with Crippen molar-refractivity contribution in [3.63, 3.8) is 0 Å². The van der Waals surface area contributed by atoms with Gasteiger partial charge in [0.25, 0.3) is 0 Å². The first-order valence-electron chi connectivity index (χ1n) is 9.23. The van der Waals surface area contributed by atoms with Crippen molar-refractivity contribution in [3.8, 4) is 0 Å². The number of aryl methyl sites for hydroxylation is 1. The van der Waals surface area contributed by atoms with Gasteiger partial charge in [-0.1, -0.05) is 49.7 Å². The molecule has 0 amide bonds. The van der Waals surface area contributed by atoms with E-state index in [4.69, 9.17) is 0 Å². The van der Waals surface area contributed by atoms with Gasteiger partial charge in [-0.15, -0.1) is 0 Å². The smallest absolute Gasteiger partial charge is 0.166 e. The first-order chi connectivity index (χ1) is 12.0. The Hall–Kier alpha value is -1.77. The van der Waals surface area contributed by atoms with Gasteiger partial charge in [-0.25, -0.2) is 0 Å². The van der Waals surface area contributed by atoms with Gasteiger partial charge in [0.1, 0.15) is 0 Å². The average molecular weight is 346 g/mol. The predicted octanol–water partition coefficient (Wildman–Crippen LogP) is 7.10. The third kappa shape index (κ3) is 4.45. The molecule has 0 aliphatic heterocycles. The minimum Gasteiger partial charge on any atom is -0.166 e. The quantitative estimate of drug-likeness (QED) is 0.554. The predicted molar refractivity (Wildman–Crippen MR) is 95.8 cm³/mol. The largest absolute Gasteiger partial charge is 0.416 e. The zero-order valence-electron chi connectivity index (χ0n) is 14.7. The van der Waals surface area contributed by atoms with Crippen molar-refractivity contribution in [2.45, 2.75) is 63.5 Å². The molecule has 0 saturated heterocycles. The molecule has 3 heteroatoms. The molecule has 0 unspecified atom stereocenters. The molecule has 0 spiro atoms. The van der Waals surface area contributed by atoms with Gasteiger partial charge < -0.3 is 0 Å². The van der Waals surface area contributed by atoms with Gasteiger partial charge in [-0.05, 0) is 72.8 Å². The maximum atomic E-state index is 12.7. The van der Waals surface area contributed by atoms with Gasteiger partial charge in [-0.2, -0.15) is 13.2 Å². The fourth-order valence-corrected chi connectivity index (χ4v) is 3.95. The molecule has 1 aliphatic rings. The Morgan fingerprint density at radius 1 is 0.760 bits per heavy atom. The molecule has 0 atom stereocenters. The van der Waals surface area contributed by atoms with Crippen LogP contribution in [0.5, 0.6) is 0 Å². The van der Waals surface area contributed by atoms with Crippen LogP contribution in [0.25, 0.3) is 0 Å². The molecule has 0 N–H and O–H groups in total. The summed E-state index contributed by atoms with van der Waals surface area (Å²) in [6, 6.07) is 14.7. The molecule has 0 radical (unpaired) electrons. The summed E-state index contributed by atoms with van der Waals surface area (Å²) >= 11 is 0. The summed E-state index contributed by atoms with van der Waals surface area (Å²) in [6.07, 6.45) is 2.36. The molecule has 0 nitrogen and oxygen atoms in total. The van der Waals surface area contributed by atoms with E-state index in [0.717, 1.165) is 44.1 Å². The van der Waals surface area contributed by atoms with E-state index in [1.165, 1.54) is 23.3 Å². The van der Waals surface area contributed by atoms with Crippen LogP contribution in [0.1, 0.15) is 73.1 Å². The summed E-state index contributed by atoms with van der Waals surface area (Å²) in [5, 5.41) is 0. The Morgan fingerprint density at radius 3 is 1.60 bits per heavy atom. The number of hydrogen-bond acceptors (Lipinski definition) is 0. The monoisotopic (exact) mass is 346 g/mol. The fourth-order valence-electron chi connectivity index (χ4n) is 3.95. The Labute approximate surface area is 148 Å². The summed E-state index contributed by atoms with van der Waals surface area (Å²) in [5.41, 5.74) is 3.29. The Kier molecular flexibility index (Phi) is 5.51. The molecule has 3 rings (SSSR count). The van der Waals surface area contributed by atoms with Crippen LogP contribution in [0.3, 0.4) is 0 Å². The molecule has 1 fully saturated rings. The lowest BCUT2D eigenvalue weighted by Crippen LogP contribution is -2.12. The molecule has 0 aromatic heterocycles. The van der Waals surface area contributed by atoms with Gasteiger partial charge in [0.15, 0.2) is 0 Å². The fraction of sp³-hybridized carbons (Fsp3) is 0.455.